The first-order valence-corrected chi connectivity index (χ1v) is 14.9. The van der Waals surface area contributed by atoms with Gasteiger partial charge in [0.05, 0.1) is 20.6 Å². The third kappa shape index (κ3) is 6.74. The average Bonchev–Trinajstić information content (AvgIpc) is 3.30. The third-order valence-corrected chi connectivity index (χ3v) is 9.49. The molecular formula is C24H26Cl2F3N5O4S2. The highest BCUT2D eigenvalue weighted by molar-refractivity contribution is 7.89. The summed E-state index contributed by atoms with van der Waals surface area (Å²) in [4.78, 5) is 27.3. The Morgan fingerprint density at radius 2 is 1.77 bits per heavy atom. The highest BCUT2D eigenvalue weighted by Crippen LogP contribution is 2.43. The van der Waals surface area contributed by atoms with E-state index in [4.69, 9.17) is 23.2 Å². The molecule has 2 N–H and O–H groups in total. The fourth-order valence-electron chi connectivity index (χ4n) is 3.50. The lowest BCUT2D eigenvalue weighted by Gasteiger charge is -2.19. The molecule has 1 amide bonds. The van der Waals surface area contributed by atoms with Gasteiger partial charge in [0.25, 0.3) is 5.91 Å². The smallest absolute Gasteiger partial charge is 0.384 e. The van der Waals surface area contributed by atoms with Crippen LogP contribution >= 0.6 is 34.5 Å². The molecule has 3 aromatic rings. The van der Waals surface area contributed by atoms with E-state index in [1.54, 1.807) is 32.4 Å². The van der Waals surface area contributed by atoms with Gasteiger partial charge in [-0.25, -0.2) is 23.4 Å². The first-order valence-electron chi connectivity index (χ1n) is 11.8. The van der Waals surface area contributed by atoms with E-state index in [0.717, 1.165) is 17.4 Å². The van der Waals surface area contributed by atoms with Crippen molar-refractivity contribution in [2.75, 3.05) is 13.1 Å². The van der Waals surface area contributed by atoms with Crippen molar-refractivity contribution in [2.45, 2.75) is 57.3 Å². The van der Waals surface area contributed by atoms with E-state index < -0.39 is 43.7 Å². The molecule has 0 aliphatic carbocycles. The van der Waals surface area contributed by atoms with Crippen LogP contribution in [0.2, 0.25) is 10.0 Å². The van der Waals surface area contributed by atoms with Gasteiger partial charge in [0, 0.05) is 18.7 Å². The summed E-state index contributed by atoms with van der Waals surface area (Å²) in [6.45, 7) is 8.05. The molecule has 9 nitrogen and oxygen atoms in total. The summed E-state index contributed by atoms with van der Waals surface area (Å²) in [6, 6.07) is 1.40. The lowest BCUT2D eigenvalue weighted by atomic mass is 10.0. The largest absolute Gasteiger partial charge is 0.404 e. The zero-order valence-electron chi connectivity index (χ0n) is 22.0. The normalized spacial score (nSPS) is 13.4. The van der Waals surface area contributed by atoms with Gasteiger partial charge in [-0.15, -0.1) is 11.3 Å². The maximum absolute atomic E-state index is 13.4. The van der Waals surface area contributed by atoms with Gasteiger partial charge < -0.3 is 10.0 Å². The van der Waals surface area contributed by atoms with E-state index in [0.29, 0.717) is 31.4 Å². The van der Waals surface area contributed by atoms with Crippen LogP contribution in [0.4, 0.5) is 13.2 Å². The number of hydrogen-bond donors (Lipinski definition) is 2. The minimum Gasteiger partial charge on any atom is -0.384 e. The van der Waals surface area contributed by atoms with Crippen LogP contribution in [0.15, 0.2) is 29.4 Å². The molecule has 0 bridgehead atoms. The summed E-state index contributed by atoms with van der Waals surface area (Å²) in [5.41, 5.74) is -0.533. The molecule has 2 heterocycles. The Hall–Kier alpha value is -2.36. The number of amides is 1. The molecule has 3 rings (SSSR count). The fourth-order valence-corrected chi connectivity index (χ4v) is 6.71. The molecule has 16 heteroatoms. The Morgan fingerprint density at radius 1 is 1.15 bits per heavy atom. The topological polar surface area (TPSA) is 125 Å². The van der Waals surface area contributed by atoms with Gasteiger partial charge in [-0.1, -0.05) is 29.3 Å². The second-order valence-corrected chi connectivity index (χ2v) is 12.6. The number of carbonyl (C=O) groups excluding carboxylic acids is 1. The quantitative estimate of drug-likeness (QED) is 0.316. The van der Waals surface area contributed by atoms with Crippen LogP contribution in [0.25, 0.3) is 21.1 Å². The fraction of sp³-hybridized carbons (Fsp3) is 0.417. The highest BCUT2D eigenvalue weighted by Gasteiger charge is 2.39. The first-order chi connectivity index (χ1) is 18.4. The van der Waals surface area contributed by atoms with Crippen LogP contribution in [-0.2, 0) is 15.6 Å². The maximum Gasteiger partial charge on any atom is 0.404 e. The molecule has 0 saturated heterocycles. The van der Waals surface area contributed by atoms with Gasteiger partial charge >= 0.3 is 6.18 Å². The molecule has 0 saturated carbocycles. The van der Waals surface area contributed by atoms with Crippen molar-refractivity contribution in [3.63, 3.8) is 0 Å². The number of rotatable bonds is 9. The van der Waals surface area contributed by atoms with E-state index in [9.17, 15) is 31.5 Å². The van der Waals surface area contributed by atoms with Crippen LogP contribution in [0.1, 0.15) is 50.8 Å². The van der Waals surface area contributed by atoms with Gasteiger partial charge in [0.1, 0.15) is 39.3 Å². The number of aromatic nitrogens is 3. The molecule has 1 aromatic carbocycles. The summed E-state index contributed by atoms with van der Waals surface area (Å²) >= 11 is 13.8. The van der Waals surface area contributed by atoms with Crippen molar-refractivity contribution in [1.82, 2.24) is 24.6 Å². The Balaban J connectivity index is 2.20. The van der Waals surface area contributed by atoms with Gasteiger partial charge in [-0.3, -0.25) is 4.79 Å². The zero-order valence-corrected chi connectivity index (χ0v) is 25.1. The Bertz CT molecular complexity index is 1520. The van der Waals surface area contributed by atoms with Crippen LogP contribution in [-0.4, -0.2) is 64.6 Å². The van der Waals surface area contributed by atoms with Crippen LogP contribution in [0.3, 0.4) is 0 Å². The molecule has 218 valence electrons. The zero-order chi connectivity index (χ0) is 30.2. The summed E-state index contributed by atoms with van der Waals surface area (Å²) in [5.74, 6) is -0.441. The van der Waals surface area contributed by atoms with Crippen molar-refractivity contribution in [3.05, 3.63) is 46.0 Å². The first kappa shape index (κ1) is 32.2. The minimum absolute atomic E-state index is 0.00971. The van der Waals surface area contributed by atoms with E-state index in [1.807, 2.05) is 0 Å². The number of alkyl halides is 3. The number of benzene rings is 1. The molecule has 0 fully saturated rings. The molecule has 0 spiro atoms. The molecule has 0 radical (unpaired) electrons. The molecular weight excluding hydrogens is 614 g/mol. The van der Waals surface area contributed by atoms with Gasteiger partial charge in [-0.05, 0) is 46.8 Å². The van der Waals surface area contributed by atoms with E-state index in [2.05, 4.69) is 15.0 Å². The number of nitrogens with zero attached hydrogens (tertiary/aromatic N) is 4. The van der Waals surface area contributed by atoms with Gasteiger partial charge in [-0.2, -0.15) is 17.9 Å². The van der Waals surface area contributed by atoms with Crippen molar-refractivity contribution >= 4 is 50.5 Å². The van der Waals surface area contributed by atoms with Crippen molar-refractivity contribution in [1.29, 1.82) is 0 Å². The predicted molar refractivity (Wildman–Crippen MR) is 147 cm³/mol. The van der Waals surface area contributed by atoms with E-state index in [-0.39, 0.29) is 26.2 Å². The molecule has 0 aliphatic heterocycles. The molecule has 2 aromatic heterocycles. The monoisotopic (exact) mass is 639 g/mol. The number of nitrogens with one attached hydrogen (secondary N) is 1. The second kappa shape index (κ2) is 11.9. The molecule has 0 aliphatic rings. The van der Waals surface area contributed by atoms with E-state index >= 15 is 0 Å². The van der Waals surface area contributed by atoms with Crippen molar-refractivity contribution < 1.29 is 31.5 Å². The maximum atomic E-state index is 13.4. The number of thiazole rings is 1. The summed E-state index contributed by atoms with van der Waals surface area (Å²) in [7, 11) is -4.71. The Morgan fingerprint density at radius 3 is 2.33 bits per heavy atom. The van der Waals surface area contributed by atoms with Crippen LogP contribution < -0.4 is 4.72 Å². The summed E-state index contributed by atoms with van der Waals surface area (Å²) in [5, 5.41) is 9.82. The highest BCUT2D eigenvalue weighted by atomic mass is 35.5. The summed E-state index contributed by atoms with van der Waals surface area (Å²) < 4.78 is 65.9. The minimum atomic E-state index is -4.83. The number of sulfonamides is 1. The lowest BCUT2D eigenvalue weighted by Crippen LogP contribution is -2.43. The summed E-state index contributed by atoms with van der Waals surface area (Å²) in [6.07, 6.45) is -3.58. The van der Waals surface area contributed by atoms with Crippen molar-refractivity contribution in [3.8, 4) is 21.1 Å². The lowest BCUT2D eigenvalue weighted by molar-refractivity contribution is -0.147. The SMILES string of the molecule is CCN(CC)C(=O)c1nc(-c2cc(C(C)(C)O)ncn2)sc1-c1ccc(S(=O)(=O)NC(C)C(F)(F)F)c(Cl)c1Cl. The number of halogens is 5. The molecule has 1 unspecified atom stereocenters. The Kier molecular flexibility index (Phi) is 9.54. The third-order valence-electron chi connectivity index (χ3n) is 5.80. The number of hydrogen-bond acceptors (Lipinski definition) is 8. The predicted octanol–water partition coefficient (Wildman–Crippen LogP) is 5.51. The molecule has 1 atom stereocenters. The second-order valence-electron chi connectivity index (χ2n) is 9.15. The van der Waals surface area contributed by atoms with Gasteiger partial charge in [0.2, 0.25) is 10.0 Å². The van der Waals surface area contributed by atoms with Crippen molar-refractivity contribution in [2.24, 2.45) is 0 Å². The van der Waals surface area contributed by atoms with E-state index in [1.165, 1.54) is 23.4 Å². The Labute approximate surface area is 243 Å². The van der Waals surface area contributed by atoms with Gasteiger partial charge in [0.15, 0.2) is 0 Å². The molecule has 40 heavy (non-hydrogen) atoms. The van der Waals surface area contributed by atoms with Crippen LogP contribution in [0.5, 0.6) is 0 Å². The number of carbonyl (C=O) groups is 1. The number of aliphatic hydroxyl groups is 1. The standard InChI is InChI=1S/C24H26Cl2F3N5O4S2/c1-6-34(7-2)22(35)19-20(39-21(32-19)14-10-16(23(4,5)36)31-11-30-14)13-8-9-15(18(26)17(13)25)40(37,38)33-12(3)24(27,28)29/h8-12,33,36H,6-7H2,1-5H3. The van der Waals surface area contributed by atoms with Crippen LogP contribution in [0, 0.1) is 0 Å². The average molecular weight is 641 g/mol.